The highest BCUT2D eigenvalue weighted by Crippen LogP contribution is 2.20. The molecule has 0 aliphatic heterocycles. The van der Waals surface area contributed by atoms with E-state index in [1.54, 1.807) is 24.3 Å². The van der Waals surface area contributed by atoms with Crippen LogP contribution in [-0.4, -0.2) is 13.4 Å². The minimum Gasteiger partial charge on any atom is -0.347 e. The molecule has 72 valence electrons. The molecule has 0 heterocycles. The van der Waals surface area contributed by atoms with E-state index in [2.05, 4.69) is 0 Å². The van der Waals surface area contributed by atoms with Gasteiger partial charge in [-0.05, 0) is 0 Å². The predicted molar refractivity (Wildman–Crippen MR) is 50.3 cm³/mol. The molecule has 4 heteroatoms. The fraction of sp³-hybridized carbons (Fsp3) is 0.200. The second-order valence-electron chi connectivity index (χ2n) is 2.76. The second kappa shape index (κ2) is 4.01. The predicted octanol–water partition coefficient (Wildman–Crippen LogP) is 0.781. The number of nitrogens with two attached hydrogens (primary N) is 1. The molecule has 1 aromatic rings. The van der Waals surface area contributed by atoms with Gasteiger partial charge < -0.3 is 4.74 Å². The third-order valence-corrected chi connectivity index (χ3v) is 1.98. The van der Waals surface area contributed by atoms with Gasteiger partial charge in [-0.3, -0.25) is 10.5 Å². The molecule has 0 bridgehead atoms. The number of ether oxygens (including phenoxy) is 1. The first-order valence-corrected chi connectivity index (χ1v) is 3.98. The zero-order valence-corrected chi connectivity index (χ0v) is 7.73. The Labute approximate surface area is 81.9 Å². The normalized spacial score (nSPS) is 14.1. The Morgan fingerprint density at radius 3 is 2.71 bits per heavy atom. The number of nitrogens with zero attached hydrogens (tertiary/aromatic N) is 1. The van der Waals surface area contributed by atoms with Crippen molar-refractivity contribution in [2.24, 2.45) is 5.73 Å². The van der Waals surface area contributed by atoms with E-state index in [0.717, 1.165) is 0 Å². The molecular formula is C10H10N2O2. The van der Waals surface area contributed by atoms with Crippen molar-refractivity contribution in [3.8, 4) is 6.07 Å². The number of methoxy groups -OCH3 is 1. The molecule has 1 aromatic carbocycles. The van der Waals surface area contributed by atoms with E-state index < -0.39 is 5.72 Å². The minimum absolute atomic E-state index is 0.360. The van der Waals surface area contributed by atoms with Gasteiger partial charge in [0.15, 0.2) is 6.29 Å². The largest absolute Gasteiger partial charge is 0.347 e. The lowest BCUT2D eigenvalue weighted by Gasteiger charge is -2.21. The van der Waals surface area contributed by atoms with E-state index in [1.807, 2.05) is 6.07 Å². The van der Waals surface area contributed by atoms with E-state index >= 15 is 0 Å². The van der Waals surface area contributed by atoms with Crippen LogP contribution >= 0.6 is 0 Å². The number of hydrogen-bond donors (Lipinski definition) is 1. The molecule has 0 aromatic heterocycles. The van der Waals surface area contributed by atoms with Gasteiger partial charge in [0, 0.05) is 18.2 Å². The molecule has 14 heavy (non-hydrogen) atoms. The van der Waals surface area contributed by atoms with Gasteiger partial charge in [0.05, 0.1) is 0 Å². The smallest absolute Gasteiger partial charge is 0.232 e. The first-order valence-electron chi connectivity index (χ1n) is 3.98. The minimum atomic E-state index is -1.56. The molecule has 0 fully saturated rings. The molecule has 0 saturated heterocycles. The van der Waals surface area contributed by atoms with Crippen LogP contribution in [0, 0.1) is 11.3 Å². The monoisotopic (exact) mass is 190 g/mol. The first-order chi connectivity index (χ1) is 6.68. The van der Waals surface area contributed by atoms with E-state index in [4.69, 9.17) is 15.7 Å². The van der Waals surface area contributed by atoms with Crippen LogP contribution in [0.1, 0.15) is 15.9 Å². The molecule has 4 nitrogen and oxygen atoms in total. The number of carbonyl (C=O) groups excluding carboxylic acids is 1. The SMILES string of the molecule is COC(N)(C#N)c1ccccc1C=O. The first kappa shape index (κ1) is 10.4. The lowest BCUT2D eigenvalue weighted by Crippen LogP contribution is -2.37. The lowest BCUT2D eigenvalue weighted by atomic mass is 9.99. The Hall–Kier alpha value is -1.70. The number of rotatable bonds is 3. The van der Waals surface area contributed by atoms with Gasteiger partial charge in [0.1, 0.15) is 6.07 Å². The van der Waals surface area contributed by atoms with Crippen LogP contribution in [0.4, 0.5) is 0 Å². The summed E-state index contributed by atoms with van der Waals surface area (Å²) in [6.45, 7) is 0. The van der Waals surface area contributed by atoms with Crippen molar-refractivity contribution in [2.45, 2.75) is 5.72 Å². The lowest BCUT2D eigenvalue weighted by molar-refractivity contribution is 0.0413. The van der Waals surface area contributed by atoms with Crippen molar-refractivity contribution in [3.63, 3.8) is 0 Å². The molecule has 0 radical (unpaired) electrons. The molecule has 0 amide bonds. The molecule has 1 rings (SSSR count). The van der Waals surface area contributed by atoms with Gasteiger partial charge in [-0.2, -0.15) is 5.26 Å². The van der Waals surface area contributed by atoms with Gasteiger partial charge in [-0.1, -0.05) is 24.3 Å². The summed E-state index contributed by atoms with van der Waals surface area (Å²) in [6, 6.07) is 8.38. The third kappa shape index (κ3) is 1.64. The molecule has 1 unspecified atom stereocenters. The Bertz CT molecular complexity index is 384. The van der Waals surface area contributed by atoms with Crippen molar-refractivity contribution < 1.29 is 9.53 Å². The van der Waals surface area contributed by atoms with Crippen molar-refractivity contribution in [1.29, 1.82) is 5.26 Å². The summed E-state index contributed by atoms with van der Waals surface area (Å²) in [5.74, 6) is 0. The molecule has 1 atom stereocenters. The maximum atomic E-state index is 10.7. The molecule has 2 N–H and O–H groups in total. The van der Waals surface area contributed by atoms with Crippen LogP contribution in [0.25, 0.3) is 0 Å². The van der Waals surface area contributed by atoms with Crippen LogP contribution in [0.15, 0.2) is 24.3 Å². The fourth-order valence-electron chi connectivity index (χ4n) is 1.15. The Morgan fingerprint density at radius 1 is 1.57 bits per heavy atom. The third-order valence-electron chi connectivity index (χ3n) is 1.98. The zero-order chi connectivity index (χ0) is 10.6. The van der Waals surface area contributed by atoms with Gasteiger partial charge >= 0.3 is 0 Å². The summed E-state index contributed by atoms with van der Waals surface area (Å²) < 4.78 is 4.87. The standard InChI is InChI=1S/C10H10N2O2/c1-14-10(12,7-11)9-5-3-2-4-8(9)6-13/h2-6H,12H2,1H3. The van der Waals surface area contributed by atoms with E-state index in [0.29, 0.717) is 17.4 Å². The van der Waals surface area contributed by atoms with E-state index in [-0.39, 0.29) is 0 Å². The van der Waals surface area contributed by atoms with Crippen LogP contribution in [0.3, 0.4) is 0 Å². The average molecular weight is 190 g/mol. The van der Waals surface area contributed by atoms with Crippen LogP contribution in [0.5, 0.6) is 0 Å². The molecular weight excluding hydrogens is 180 g/mol. The summed E-state index contributed by atoms with van der Waals surface area (Å²) in [5.41, 5.74) is 4.83. The summed E-state index contributed by atoms with van der Waals surface area (Å²) in [6.07, 6.45) is 0.646. The second-order valence-corrected chi connectivity index (χ2v) is 2.76. The van der Waals surface area contributed by atoms with Crippen molar-refractivity contribution in [3.05, 3.63) is 35.4 Å². The molecule has 0 aliphatic rings. The maximum absolute atomic E-state index is 10.7. The van der Waals surface area contributed by atoms with Crippen LogP contribution in [0.2, 0.25) is 0 Å². The Morgan fingerprint density at radius 2 is 2.21 bits per heavy atom. The number of nitriles is 1. The fourth-order valence-corrected chi connectivity index (χ4v) is 1.15. The van der Waals surface area contributed by atoms with Crippen molar-refractivity contribution in [1.82, 2.24) is 0 Å². The van der Waals surface area contributed by atoms with Gasteiger partial charge in [0.2, 0.25) is 5.72 Å². The summed E-state index contributed by atoms with van der Waals surface area (Å²) >= 11 is 0. The van der Waals surface area contributed by atoms with Crippen LogP contribution < -0.4 is 5.73 Å². The number of benzene rings is 1. The van der Waals surface area contributed by atoms with Gasteiger partial charge in [0.25, 0.3) is 0 Å². The summed E-state index contributed by atoms with van der Waals surface area (Å²) in [7, 11) is 1.32. The average Bonchev–Trinajstić information content (AvgIpc) is 2.28. The van der Waals surface area contributed by atoms with E-state index in [1.165, 1.54) is 7.11 Å². The molecule has 0 aliphatic carbocycles. The zero-order valence-electron chi connectivity index (χ0n) is 7.73. The van der Waals surface area contributed by atoms with E-state index in [9.17, 15) is 4.79 Å². The quantitative estimate of drug-likeness (QED) is 0.564. The van der Waals surface area contributed by atoms with Gasteiger partial charge in [-0.15, -0.1) is 0 Å². The topological polar surface area (TPSA) is 76.1 Å². The highest BCUT2D eigenvalue weighted by Gasteiger charge is 2.28. The number of hydrogen-bond acceptors (Lipinski definition) is 4. The summed E-state index contributed by atoms with van der Waals surface area (Å²) in [4.78, 5) is 10.7. The maximum Gasteiger partial charge on any atom is 0.232 e. The number of carbonyl (C=O) groups is 1. The van der Waals surface area contributed by atoms with Crippen molar-refractivity contribution >= 4 is 6.29 Å². The molecule has 0 saturated carbocycles. The highest BCUT2D eigenvalue weighted by atomic mass is 16.5. The van der Waals surface area contributed by atoms with Crippen molar-refractivity contribution in [2.75, 3.05) is 7.11 Å². The highest BCUT2D eigenvalue weighted by molar-refractivity contribution is 5.78. The van der Waals surface area contributed by atoms with Crippen LogP contribution in [-0.2, 0) is 10.5 Å². The summed E-state index contributed by atoms with van der Waals surface area (Å²) in [5, 5.41) is 8.84. The Balaban J connectivity index is 3.31. The molecule has 0 spiro atoms. The Kier molecular flexibility index (Phi) is 2.97. The van der Waals surface area contributed by atoms with Gasteiger partial charge in [-0.25, -0.2) is 0 Å². The number of aldehydes is 1.